The maximum atomic E-state index is 11.7. The summed E-state index contributed by atoms with van der Waals surface area (Å²) in [6, 6.07) is 4.21. The Kier molecular flexibility index (Phi) is 2.54. The van der Waals surface area contributed by atoms with Gasteiger partial charge in [-0.1, -0.05) is 6.92 Å². The van der Waals surface area contributed by atoms with Crippen molar-refractivity contribution in [3.8, 4) is 5.75 Å². The van der Waals surface area contributed by atoms with E-state index in [4.69, 9.17) is 4.74 Å². The minimum absolute atomic E-state index is 0.0178. The molecule has 1 heterocycles. The Bertz CT molecular complexity index is 468. The number of carbonyl (C=O) groups excluding carboxylic acids is 1. The minimum atomic E-state index is -0.329. The topological polar surface area (TPSA) is 38.3 Å². The summed E-state index contributed by atoms with van der Waals surface area (Å²) in [7, 11) is 0. The zero-order chi connectivity index (χ0) is 11.8. The van der Waals surface area contributed by atoms with Gasteiger partial charge in [0, 0.05) is 0 Å². The smallest absolute Gasteiger partial charge is 0.265 e. The monoisotopic (exact) mass is 231 g/mol. The van der Waals surface area contributed by atoms with Crippen molar-refractivity contribution in [2.45, 2.75) is 45.1 Å². The van der Waals surface area contributed by atoms with Crippen LogP contribution in [0.3, 0.4) is 0 Å². The van der Waals surface area contributed by atoms with E-state index in [2.05, 4.69) is 17.4 Å². The molecule has 0 fully saturated rings. The predicted octanol–water partition coefficient (Wildman–Crippen LogP) is 2.67. The zero-order valence-corrected chi connectivity index (χ0v) is 10.1. The molecule has 90 valence electrons. The second-order valence-corrected chi connectivity index (χ2v) is 4.83. The molecule has 0 saturated carbocycles. The van der Waals surface area contributed by atoms with Gasteiger partial charge in [-0.2, -0.15) is 0 Å². The highest BCUT2D eigenvalue weighted by Gasteiger charge is 2.27. The fourth-order valence-electron chi connectivity index (χ4n) is 2.65. The summed E-state index contributed by atoms with van der Waals surface area (Å²) in [6.45, 7) is 1.97. The van der Waals surface area contributed by atoms with E-state index in [9.17, 15) is 4.79 Å². The molecule has 1 aromatic rings. The molecule has 3 nitrogen and oxygen atoms in total. The second kappa shape index (κ2) is 4.06. The van der Waals surface area contributed by atoms with Crippen molar-refractivity contribution in [1.29, 1.82) is 0 Å². The van der Waals surface area contributed by atoms with Gasteiger partial charge in [-0.15, -0.1) is 0 Å². The number of rotatable bonds is 1. The van der Waals surface area contributed by atoms with Crippen LogP contribution < -0.4 is 10.1 Å². The van der Waals surface area contributed by atoms with E-state index < -0.39 is 0 Å². The number of amides is 1. The lowest BCUT2D eigenvalue weighted by Gasteiger charge is -2.27. The van der Waals surface area contributed by atoms with Gasteiger partial charge in [0.15, 0.2) is 6.10 Å². The standard InChI is InChI=1S/C14H17NO2/c1-2-12-14(16)15-11-7-9-5-3-4-6-10(9)8-13(11)17-12/h7-8,12H,2-6H2,1H3,(H,15,16). The van der Waals surface area contributed by atoms with E-state index in [0.717, 1.165) is 24.3 Å². The van der Waals surface area contributed by atoms with Gasteiger partial charge in [0.25, 0.3) is 5.91 Å². The van der Waals surface area contributed by atoms with E-state index in [-0.39, 0.29) is 12.0 Å². The van der Waals surface area contributed by atoms with Crippen LogP contribution in [0.4, 0.5) is 5.69 Å². The third-order valence-corrected chi connectivity index (χ3v) is 3.63. The molecule has 0 spiro atoms. The zero-order valence-electron chi connectivity index (χ0n) is 10.1. The first-order chi connectivity index (χ1) is 8.28. The van der Waals surface area contributed by atoms with Crippen molar-refractivity contribution in [3.05, 3.63) is 23.3 Å². The van der Waals surface area contributed by atoms with Crippen LogP contribution in [0.2, 0.25) is 0 Å². The van der Waals surface area contributed by atoms with Crippen LogP contribution in [-0.2, 0) is 17.6 Å². The number of aryl methyl sites for hydroxylation is 2. The number of benzene rings is 1. The number of fused-ring (bicyclic) bond motifs is 2. The van der Waals surface area contributed by atoms with Crippen LogP contribution in [0.15, 0.2) is 12.1 Å². The van der Waals surface area contributed by atoms with Crippen LogP contribution in [0, 0.1) is 0 Å². The predicted molar refractivity (Wildman–Crippen MR) is 66.4 cm³/mol. The van der Waals surface area contributed by atoms with Crippen LogP contribution in [0.1, 0.15) is 37.3 Å². The third kappa shape index (κ3) is 1.79. The number of nitrogens with one attached hydrogen (secondary N) is 1. The Morgan fingerprint density at radius 3 is 2.71 bits per heavy atom. The van der Waals surface area contributed by atoms with Gasteiger partial charge >= 0.3 is 0 Å². The van der Waals surface area contributed by atoms with Crippen LogP contribution in [0.25, 0.3) is 0 Å². The van der Waals surface area contributed by atoms with Gasteiger partial charge in [-0.3, -0.25) is 4.79 Å². The first-order valence-corrected chi connectivity index (χ1v) is 6.41. The Hall–Kier alpha value is -1.51. The molecule has 1 aromatic carbocycles. The number of anilines is 1. The fourth-order valence-corrected chi connectivity index (χ4v) is 2.65. The van der Waals surface area contributed by atoms with Crippen molar-refractivity contribution in [1.82, 2.24) is 0 Å². The van der Waals surface area contributed by atoms with Crippen molar-refractivity contribution in [2.24, 2.45) is 0 Å². The van der Waals surface area contributed by atoms with Gasteiger partial charge in [-0.25, -0.2) is 0 Å². The van der Waals surface area contributed by atoms with Gasteiger partial charge in [0.1, 0.15) is 5.75 Å². The molecular formula is C14H17NO2. The molecule has 0 aromatic heterocycles. The first-order valence-electron chi connectivity index (χ1n) is 6.41. The number of hydrogen-bond donors (Lipinski definition) is 1. The van der Waals surface area contributed by atoms with Crippen molar-refractivity contribution in [2.75, 3.05) is 5.32 Å². The van der Waals surface area contributed by atoms with E-state index in [1.807, 2.05) is 6.92 Å². The third-order valence-electron chi connectivity index (χ3n) is 3.63. The normalized spacial score (nSPS) is 22.2. The molecule has 2 aliphatic rings. The average molecular weight is 231 g/mol. The van der Waals surface area contributed by atoms with E-state index >= 15 is 0 Å². The molecule has 3 heteroatoms. The van der Waals surface area contributed by atoms with Gasteiger partial charge in [-0.05, 0) is 55.4 Å². The highest BCUT2D eigenvalue weighted by Crippen LogP contribution is 2.35. The van der Waals surface area contributed by atoms with Gasteiger partial charge < -0.3 is 10.1 Å². The summed E-state index contributed by atoms with van der Waals surface area (Å²) in [5, 5.41) is 2.95. The largest absolute Gasteiger partial charge is 0.478 e. The van der Waals surface area contributed by atoms with Gasteiger partial charge in [0.2, 0.25) is 0 Å². The van der Waals surface area contributed by atoms with E-state index in [1.165, 1.54) is 24.0 Å². The lowest BCUT2D eigenvalue weighted by Crippen LogP contribution is -2.36. The van der Waals surface area contributed by atoms with Crippen molar-refractivity contribution >= 4 is 11.6 Å². The van der Waals surface area contributed by atoms with Crippen molar-refractivity contribution < 1.29 is 9.53 Å². The maximum absolute atomic E-state index is 11.7. The molecule has 0 saturated heterocycles. The van der Waals surface area contributed by atoms with Crippen LogP contribution >= 0.6 is 0 Å². The quantitative estimate of drug-likeness (QED) is 0.807. The molecule has 1 amide bonds. The summed E-state index contributed by atoms with van der Waals surface area (Å²) in [4.78, 5) is 11.7. The van der Waals surface area contributed by atoms with E-state index in [1.54, 1.807) is 0 Å². The number of ether oxygens (including phenoxy) is 1. The molecule has 1 atom stereocenters. The summed E-state index contributed by atoms with van der Waals surface area (Å²) < 4.78 is 5.75. The highest BCUT2D eigenvalue weighted by molar-refractivity contribution is 5.97. The maximum Gasteiger partial charge on any atom is 0.265 e. The fraction of sp³-hybridized carbons (Fsp3) is 0.500. The molecule has 1 N–H and O–H groups in total. The minimum Gasteiger partial charge on any atom is -0.478 e. The Morgan fingerprint density at radius 2 is 2.00 bits per heavy atom. The highest BCUT2D eigenvalue weighted by atomic mass is 16.5. The lowest BCUT2D eigenvalue weighted by atomic mass is 9.90. The van der Waals surface area contributed by atoms with Gasteiger partial charge in [0.05, 0.1) is 5.69 Å². The average Bonchev–Trinajstić information content (AvgIpc) is 2.35. The second-order valence-electron chi connectivity index (χ2n) is 4.83. The summed E-state index contributed by atoms with van der Waals surface area (Å²) in [5.74, 6) is 0.827. The van der Waals surface area contributed by atoms with Crippen molar-refractivity contribution in [3.63, 3.8) is 0 Å². The molecule has 0 radical (unpaired) electrons. The molecule has 1 aliphatic heterocycles. The van der Waals surface area contributed by atoms with Crippen LogP contribution in [-0.4, -0.2) is 12.0 Å². The molecule has 0 bridgehead atoms. The molecule has 1 aliphatic carbocycles. The summed E-state index contributed by atoms with van der Waals surface area (Å²) >= 11 is 0. The summed E-state index contributed by atoms with van der Waals surface area (Å²) in [5.41, 5.74) is 3.61. The SMILES string of the molecule is CCC1Oc2cc3c(cc2NC1=O)CCCC3. The van der Waals surface area contributed by atoms with E-state index in [0.29, 0.717) is 6.42 Å². The van der Waals surface area contributed by atoms with Crippen LogP contribution in [0.5, 0.6) is 5.75 Å². The molecular weight excluding hydrogens is 214 g/mol. The Balaban J connectivity index is 1.99. The molecule has 17 heavy (non-hydrogen) atoms. The molecule has 1 unspecified atom stereocenters. The number of carbonyl (C=O) groups is 1. The Labute approximate surface area is 101 Å². The number of hydrogen-bond acceptors (Lipinski definition) is 2. The lowest BCUT2D eigenvalue weighted by molar-refractivity contribution is -0.123. The first kappa shape index (κ1) is 10.6. The Morgan fingerprint density at radius 1 is 1.29 bits per heavy atom. The molecule has 3 rings (SSSR count). The summed E-state index contributed by atoms with van der Waals surface area (Å²) in [6.07, 6.45) is 5.14.